The van der Waals surface area contributed by atoms with Gasteiger partial charge in [-0.25, -0.2) is 0 Å². The molecule has 0 saturated heterocycles. The Kier molecular flexibility index (Phi) is 4.24. The molecule has 20 heavy (non-hydrogen) atoms. The Bertz CT molecular complexity index is 607. The molecule has 1 N–H and O–H groups in total. The average molecular weight is 276 g/mol. The van der Waals surface area contributed by atoms with Gasteiger partial charge in [0.2, 0.25) is 0 Å². The second kappa shape index (κ2) is 6.10. The van der Waals surface area contributed by atoms with Crippen molar-refractivity contribution in [2.75, 3.05) is 11.9 Å². The topological polar surface area (TPSA) is 77.5 Å². The van der Waals surface area contributed by atoms with E-state index >= 15 is 0 Å². The van der Waals surface area contributed by atoms with E-state index in [9.17, 15) is 10.1 Å². The van der Waals surface area contributed by atoms with Crippen LogP contribution in [-0.2, 0) is 6.54 Å². The minimum atomic E-state index is -0.550. The highest BCUT2D eigenvalue weighted by atomic mass is 16.6. The molecule has 1 heterocycles. The Morgan fingerprint density at radius 3 is 2.75 bits per heavy atom. The van der Waals surface area contributed by atoms with Gasteiger partial charge in [-0.15, -0.1) is 0 Å². The Hall–Kier alpha value is -2.50. The van der Waals surface area contributed by atoms with Gasteiger partial charge in [-0.2, -0.15) is 0 Å². The van der Waals surface area contributed by atoms with E-state index < -0.39 is 4.92 Å². The van der Waals surface area contributed by atoms with Gasteiger partial charge in [0.05, 0.1) is 19.2 Å². The summed E-state index contributed by atoms with van der Waals surface area (Å²) in [6.45, 7) is 4.92. The number of nitrogens with zero attached hydrogens (tertiary/aromatic N) is 1. The van der Waals surface area contributed by atoms with Crippen molar-refractivity contribution in [2.45, 2.75) is 20.4 Å². The number of nitro groups is 1. The smallest absolute Gasteiger partial charge is 0.433 e. The van der Waals surface area contributed by atoms with Crippen LogP contribution in [-0.4, -0.2) is 11.5 Å². The van der Waals surface area contributed by atoms with E-state index in [0.717, 1.165) is 17.0 Å². The molecule has 6 nitrogen and oxygen atoms in total. The molecule has 0 unspecified atom stereocenters. The fourth-order valence-corrected chi connectivity index (χ4v) is 1.83. The zero-order valence-electron chi connectivity index (χ0n) is 11.4. The fraction of sp³-hybridized carbons (Fsp3) is 0.286. The van der Waals surface area contributed by atoms with Crippen LogP contribution in [0.2, 0.25) is 0 Å². The molecule has 0 saturated carbocycles. The van der Waals surface area contributed by atoms with Crippen molar-refractivity contribution in [3.05, 3.63) is 51.8 Å². The molecule has 1 aromatic heterocycles. The predicted molar refractivity (Wildman–Crippen MR) is 75.0 cm³/mol. The van der Waals surface area contributed by atoms with E-state index in [1.165, 1.54) is 6.07 Å². The summed E-state index contributed by atoms with van der Waals surface area (Å²) in [4.78, 5) is 9.97. The molecule has 0 aliphatic rings. The second-order valence-corrected chi connectivity index (χ2v) is 4.26. The van der Waals surface area contributed by atoms with Gasteiger partial charge in [0, 0.05) is 5.69 Å². The monoisotopic (exact) mass is 276 g/mol. The standard InChI is InChI=1S/C14H16N2O4/c1-3-19-11-4-6-13(10(2)8-11)15-9-12-5-7-14(20-12)16(17)18/h4-8,15H,3,9H2,1-2H3. The Labute approximate surface area is 116 Å². The number of hydrogen-bond acceptors (Lipinski definition) is 5. The molecule has 0 fully saturated rings. The van der Waals surface area contributed by atoms with Crippen molar-refractivity contribution in [1.82, 2.24) is 0 Å². The summed E-state index contributed by atoms with van der Waals surface area (Å²) in [5, 5.41) is 13.7. The van der Waals surface area contributed by atoms with Crippen molar-refractivity contribution < 1.29 is 14.1 Å². The lowest BCUT2D eigenvalue weighted by Crippen LogP contribution is -2.00. The number of benzene rings is 1. The molecule has 0 amide bonds. The minimum absolute atomic E-state index is 0.245. The summed E-state index contributed by atoms with van der Waals surface area (Å²) in [5.41, 5.74) is 1.98. The molecule has 1 aromatic carbocycles. The third-order valence-electron chi connectivity index (χ3n) is 2.79. The summed E-state index contributed by atoms with van der Waals surface area (Å²) < 4.78 is 10.5. The molecule has 0 aliphatic heterocycles. The third-order valence-corrected chi connectivity index (χ3v) is 2.79. The molecular formula is C14H16N2O4. The molecule has 2 aromatic rings. The lowest BCUT2D eigenvalue weighted by atomic mass is 10.2. The summed E-state index contributed by atoms with van der Waals surface area (Å²) >= 11 is 0. The van der Waals surface area contributed by atoms with Crippen LogP contribution in [0.3, 0.4) is 0 Å². The van der Waals surface area contributed by atoms with Crippen molar-refractivity contribution in [1.29, 1.82) is 0 Å². The van der Waals surface area contributed by atoms with Crippen molar-refractivity contribution in [3.8, 4) is 5.75 Å². The first kappa shape index (κ1) is 13.9. The number of rotatable bonds is 6. The summed E-state index contributed by atoms with van der Waals surface area (Å²) in [6, 6.07) is 8.68. The molecule has 0 radical (unpaired) electrons. The number of nitrogens with one attached hydrogen (secondary N) is 1. The number of furan rings is 1. The van der Waals surface area contributed by atoms with Gasteiger partial charge in [-0.05, 0) is 43.7 Å². The van der Waals surface area contributed by atoms with Crippen LogP contribution in [0.15, 0.2) is 34.7 Å². The van der Waals surface area contributed by atoms with Crippen LogP contribution >= 0.6 is 0 Å². The van der Waals surface area contributed by atoms with Gasteiger partial charge < -0.3 is 14.5 Å². The maximum atomic E-state index is 10.5. The van der Waals surface area contributed by atoms with E-state index in [1.54, 1.807) is 6.07 Å². The SMILES string of the molecule is CCOc1ccc(NCc2ccc([N+](=O)[O-])o2)c(C)c1. The number of aryl methyl sites for hydroxylation is 1. The molecule has 0 spiro atoms. The Morgan fingerprint density at radius 2 is 2.15 bits per heavy atom. The lowest BCUT2D eigenvalue weighted by molar-refractivity contribution is -0.402. The highest BCUT2D eigenvalue weighted by Gasteiger charge is 2.11. The first-order valence-corrected chi connectivity index (χ1v) is 6.30. The van der Waals surface area contributed by atoms with E-state index in [4.69, 9.17) is 9.15 Å². The molecule has 0 atom stereocenters. The Balaban J connectivity index is 2.01. The summed E-state index contributed by atoms with van der Waals surface area (Å²) in [6.07, 6.45) is 0. The first-order valence-electron chi connectivity index (χ1n) is 6.30. The number of ether oxygens (including phenoxy) is 1. The zero-order chi connectivity index (χ0) is 14.5. The quantitative estimate of drug-likeness (QED) is 0.645. The van der Waals surface area contributed by atoms with Crippen LogP contribution in [0.5, 0.6) is 5.75 Å². The average Bonchev–Trinajstić information content (AvgIpc) is 2.87. The van der Waals surface area contributed by atoms with E-state index in [-0.39, 0.29) is 5.88 Å². The molecule has 0 bridgehead atoms. The van der Waals surface area contributed by atoms with E-state index in [1.807, 2.05) is 32.0 Å². The lowest BCUT2D eigenvalue weighted by Gasteiger charge is -2.10. The molecule has 2 rings (SSSR count). The largest absolute Gasteiger partial charge is 0.494 e. The van der Waals surface area contributed by atoms with Gasteiger partial charge >= 0.3 is 5.88 Å². The van der Waals surface area contributed by atoms with E-state index in [0.29, 0.717) is 18.9 Å². The molecular weight excluding hydrogens is 260 g/mol. The number of hydrogen-bond donors (Lipinski definition) is 1. The van der Waals surface area contributed by atoms with Gasteiger partial charge in [0.25, 0.3) is 0 Å². The summed E-state index contributed by atoms with van der Waals surface area (Å²) in [7, 11) is 0. The molecule has 6 heteroatoms. The van der Waals surface area contributed by atoms with Crippen LogP contribution in [0.25, 0.3) is 0 Å². The first-order chi connectivity index (χ1) is 9.60. The number of anilines is 1. The highest BCUT2D eigenvalue weighted by Crippen LogP contribution is 2.23. The van der Waals surface area contributed by atoms with Crippen molar-refractivity contribution in [2.24, 2.45) is 0 Å². The van der Waals surface area contributed by atoms with Gasteiger partial charge in [-0.3, -0.25) is 10.1 Å². The van der Waals surface area contributed by atoms with Gasteiger partial charge in [-0.1, -0.05) is 0 Å². The van der Waals surface area contributed by atoms with Crippen LogP contribution in [0.4, 0.5) is 11.6 Å². The fourth-order valence-electron chi connectivity index (χ4n) is 1.83. The van der Waals surface area contributed by atoms with Crippen molar-refractivity contribution in [3.63, 3.8) is 0 Å². The maximum absolute atomic E-state index is 10.5. The Morgan fingerprint density at radius 1 is 1.35 bits per heavy atom. The van der Waals surface area contributed by atoms with Crippen LogP contribution in [0, 0.1) is 17.0 Å². The minimum Gasteiger partial charge on any atom is -0.494 e. The summed E-state index contributed by atoms with van der Waals surface area (Å²) in [5.74, 6) is 1.10. The van der Waals surface area contributed by atoms with E-state index in [2.05, 4.69) is 5.32 Å². The third kappa shape index (κ3) is 3.28. The normalized spacial score (nSPS) is 10.3. The zero-order valence-corrected chi connectivity index (χ0v) is 11.4. The molecule has 106 valence electrons. The second-order valence-electron chi connectivity index (χ2n) is 4.26. The molecule has 0 aliphatic carbocycles. The van der Waals surface area contributed by atoms with Gasteiger partial charge in [0.15, 0.2) is 0 Å². The van der Waals surface area contributed by atoms with Gasteiger partial charge in [0.1, 0.15) is 16.4 Å². The maximum Gasteiger partial charge on any atom is 0.433 e. The van der Waals surface area contributed by atoms with Crippen LogP contribution < -0.4 is 10.1 Å². The highest BCUT2D eigenvalue weighted by molar-refractivity contribution is 5.53. The predicted octanol–water partition coefficient (Wildman–Crippen LogP) is 3.51. The van der Waals surface area contributed by atoms with Crippen LogP contribution in [0.1, 0.15) is 18.2 Å². The van der Waals surface area contributed by atoms with Crippen molar-refractivity contribution >= 4 is 11.6 Å².